The number of anilines is 1. The largest absolute Gasteiger partial charge is 0.365 e. The maximum absolute atomic E-state index is 9.12. The fraction of sp³-hybridized carbons (Fsp3) is 0.286. The summed E-state index contributed by atoms with van der Waals surface area (Å²) in [5, 5.41) is 12.9. The van der Waals surface area contributed by atoms with Crippen LogP contribution in [0.25, 0.3) is 11.3 Å². The van der Waals surface area contributed by atoms with E-state index in [1.54, 1.807) is 0 Å². The molecule has 3 nitrogen and oxygen atoms in total. The smallest absolute Gasteiger partial charge is 0.184 e. The standard InChI is InChI=1S/C14H15N3S/c1-3-4-10-5-7-11(8-6-10)13-12(9-15)18-14(16-2)17-13/h5-8H,3-4H2,1-2H3,(H,16,17). The first-order chi connectivity index (χ1) is 8.78. The lowest BCUT2D eigenvalue weighted by Gasteiger charge is -2.01. The zero-order valence-corrected chi connectivity index (χ0v) is 11.3. The van der Waals surface area contributed by atoms with Gasteiger partial charge in [0, 0.05) is 12.6 Å². The highest BCUT2D eigenvalue weighted by atomic mass is 32.1. The summed E-state index contributed by atoms with van der Waals surface area (Å²) >= 11 is 1.39. The zero-order chi connectivity index (χ0) is 13.0. The van der Waals surface area contributed by atoms with E-state index in [4.69, 9.17) is 5.26 Å². The number of hydrogen-bond donors (Lipinski definition) is 1. The molecule has 1 N–H and O–H groups in total. The number of benzene rings is 1. The zero-order valence-electron chi connectivity index (χ0n) is 10.5. The van der Waals surface area contributed by atoms with Gasteiger partial charge in [0.2, 0.25) is 0 Å². The molecule has 2 rings (SSSR count). The number of hydrogen-bond acceptors (Lipinski definition) is 4. The lowest BCUT2D eigenvalue weighted by atomic mass is 10.1. The van der Waals surface area contributed by atoms with Crippen LogP contribution in [0.3, 0.4) is 0 Å². The van der Waals surface area contributed by atoms with Crippen molar-refractivity contribution in [1.29, 1.82) is 5.26 Å². The van der Waals surface area contributed by atoms with Gasteiger partial charge in [-0.05, 0) is 12.0 Å². The number of nitriles is 1. The molecule has 4 heteroatoms. The van der Waals surface area contributed by atoms with Crippen molar-refractivity contribution in [3.8, 4) is 17.3 Å². The summed E-state index contributed by atoms with van der Waals surface area (Å²) in [4.78, 5) is 5.09. The van der Waals surface area contributed by atoms with Gasteiger partial charge in [-0.3, -0.25) is 0 Å². The number of aromatic nitrogens is 1. The van der Waals surface area contributed by atoms with Crippen molar-refractivity contribution in [3.63, 3.8) is 0 Å². The number of rotatable bonds is 4. The van der Waals surface area contributed by atoms with Gasteiger partial charge in [-0.2, -0.15) is 5.26 Å². The molecular weight excluding hydrogens is 242 g/mol. The fourth-order valence-electron chi connectivity index (χ4n) is 1.82. The first kappa shape index (κ1) is 12.6. The maximum Gasteiger partial charge on any atom is 0.184 e. The molecule has 0 amide bonds. The molecule has 0 radical (unpaired) electrons. The minimum atomic E-state index is 0.655. The van der Waals surface area contributed by atoms with Gasteiger partial charge in [0.05, 0.1) is 0 Å². The van der Waals surface area contributed by atoms with Gasteiger partial charge in [0.15, 0.2) is 5.13 Å². The van der Waals surface area contributed by atoms with E-state index in [9.17, 15) is 0 Å². The quantitative estimate of drug-likeness (QED) is 0.909. The van der Waals surface area contributed by atoms with Crippen LogP contribution in [-0.4, -0.2) is 12.0 Å². The molecule has 0 saturated carbocycles. The Bertz CT molecular complexity index is 564. The summed E-state index contributed by atoms with van der Waals surface area (Å²) in [5.74, 6) is 0. The van der Waals surface area contributed by atoms with E-state index in [0.717, 1.165) is 29.2 Å². The third kappa shape index (κ3) is 2.52. The topological polar surface area (TPSA) is 48.7 Å². The summed E-state index contributed by atoms with van der Waals surface area (Å²) in [6.45, 7) is 2.17. The van der Waals surface area contributed by atoms with Gasteiger partial charge >= 0.3 is 0 Å². The molecule has 0 spiro atoms. The molecule has 1 heterocycles. The summed E-state index contributed by atoms with van der Waals surface area (Å²) in [7, 11) is 1.81. The number of thiazole rings is 1. The average Bonchev–Trinajstić information content (AvgIpc) is 2.83. The van der Waals surface area contributed by atoms with Crippen LogP contribution < -0.4 is 5.32 Å². The van der Waals surface area contributed by atoms with Gasteiger partial charge in [0.1, 0.15) is 16.6 Å². The molecule has 0 unspecified atom stereocenters. The highest BCUT2D eigenvalue weighted by molar-refractivity contribution is 7.16. The monoisotopic (exact) mass is 257 g/mol. The molecule has 1 aromatic heterocycles. The SMILES string of the molecule is CCCc1ccc(-c2nc(NC)sc2C#N)cc1. The molecule has 0 fully saturated rings. The van der Waals surface area contributed by atoms with Gasteiger partial charge in [-0.1, -0.05) is 48.9 Å². The predicted octanol–water partition coefficient (Wildman–Crippen LogP) is 3.68. The lowest BCUT2D eigenvalue weighted by molar-refractivity contribution is 0.922. The van der Waals surface area contributed by atoms with Gasteiger partial charge in [0.25, 0.3) is 0 Å². The van der Waals surface area contributed by atoms with Crippen LogP contribution >= 0.6 is 11.3 Å². The Balaban J connectivity index is 2.36. The molecule has 0 aliphatic carbocycles. The molecule has 1 aromatic carbocycles. The van der Waals surface area contributed by atoms with Crippen molar-refractivity contribution in [2.75, 3.05) is 12.4 Å². The Morgan fingerprint density at radius 3 is 2.61 bits per heavy atom. The van der Waals surface area contributed by atoms with Gasteiger partial charge in [-0.25, -0.2) is 4.98 Å². The minimum absolute atomic E-state index is 0.655. The van der Waals surface area contributed by atoms with Crippen LogP contribution in [0.5, 0.6) is 0 Å². The first-order valence-electron chi connectivity index (χ1n) is 5.96. The van der Waals surface area contributed by atoms with Crippen molar-refractivity contribution < 1.29 is 0 Å². The first-order valence-corrected chi connectivity index (χ1v) is 6.78. The molecule has 0 aliphatic heterocycles. The van der Waals surface area contributed by atoms with E-state index in [-0.39, 0.29) is 0 Å². The van der Waals surface area contributed by atoms with E-state index >= 15 is 0 Å². The highest BCUT2D eigenvalue weighted by Crippen LogP contribution is 2.30. The van der Waals surface area contributed by atoms with E-state index in [1.165, 1.54) is 16.9 Å². The Hall–Kier alpha value is -1.86. The van der Waals surface area contributed by atoms with Gasteiger partial charge < -0.3 is 5.32 Å². The number of aryl methyl sites for hydroxylation is 1. The van der Waals surface area contributed by atoms with Crippen LogP contribution in [0.1, 0.15) is 23.8 Å². The van der Waals surface area contributed by atoms with Crippen LogP contribution in [0.15, 0.2) is 24.3 Å². The van der Waals surface area contributed by atoms with Crippen LogP contribution in [0, 0.1) is 11.3 Å². The van der Waals surface area contributed by atoms with Gasteiger partial charge in [-0.15, -0.1) is 0 Å². The Morgan fingerprint density at radius 2 is 2.06 bits per heavy atom. The lowest BCUT2D eigenvalue weighted by Crippen LogP contribution is -1.87. The van der Waals surface area contributed by atoms with Crippen LogP contribution in [0.4, 0.5) is 5.13 Å². The molecule has 0 saturated heterocycles. The second kappa shape index (κ2) is 5.65. The Morgan fingerprint density at radius 1 is 1.33 bits per heavy atom. The van der Waals surface area contributed by atoms with E-state index in [2.05, 4.69) is 35.4 Å². The highest BCUT2D eigenvalue weighted by Gasteiger charge is 2.11. The number of nitrogens with zero attached hydrogens (tertiary/aromatic N) is 2. The predicted molar refractivity (Wildman–Crippen MR) is 75.8 cm³/mol. The van der Waals surface area contributed by atoms with Crippen molar-refractivity contribution in [2.24, 2.45) is 0 Å². The van der Waals surface area contributed by atoms with Crippen LogP contribution in [-0.2, 0) is 6.42 Å². The molecular formula is C14H15N3S. The Labute approximate surface area is 111 Å². The van der Waals surface area contributed by atoms with Crippen molar-refractivity contribution in [1.82, 2.24) is 4.98 Å². The molecule has 0 atom stereocenters. The normalized spacial score (nSPS) is 10.1. The van der Waals surface area contributed by atoms with E-state index in [1.807, 2.05) is 19.2 Å². The molecule has 0 aliphatic rings. The van der Waals surface area contributed by atoms with E-state index < -0.39 is 0 Å². The van der Waals surface area contributed by atoms with Crippen molar-refractivity contribution in [3.05, 3.63) is 34.7 Å². The summed E-state index contributed by atoms with van der Waals surface area (Å²) in [5.41, 5.74) is 3.10. The maximum atomic E-state index is 9.12. The van der Waals surface area contributed by atoms with E-state index in [0.29, 0.717) is 4.88 Å². The summed E-state index contributed by atoms with van der Waals surface area (Å²) in [6.07, 6.45) is 2.23. The summed E-state index contributed by atoms with van der Waals surface area (Å²) in [6, 6.07) is 10.5. The second-order valence-corrected chi connectivity index (χ2v) is 5.00. The van der Waals surface area contributed by atoms with Crippen LogP contribution in [0.2, 0.25) is 0 Å². The average molecular weight is 257 g/mol. The Kier molecular flexibility index (Phi) is 3.96. The third-order valence-electron chi connectivity index (χ3n) is 2.71. The minimum Gasteiger partial charge on any atom is -0.365 e. The second-order valence-electron chi connectivity index (χ2n) is 4.01. The molecule has 92 valence electrons. The fourth-order valence-corrected chi connectivity index (χ4v) is 2.55. The third-order valence-corrected chi connectivity index (χ3v) is 3.69. The molecule has 18 heavy (non-hydrogen) atoms. The van der Waals surface area contributed by atoms with Crippen molar-refractivity contribution >= 4 is 16.5 Å². The summed E-state index contributed by atoms with van der Waals surface area (Å²) < 4.78 is 0. The molecule has 2 aromatic rings. The molecule has 0 bridgehead atoms. The number of nitrogens with one attached hydrogen (secondary N) is 1. The van der Waals surface area contributed by atoms with Crippen molar-refractivity contribution in [2.45, 2.75) is 19.8 Å².